The average Bonchev–Trinajstić information content (AvgIpc) is 3.39. The molecule has 0 N–H and O–H groups in total. The number of amides is 1. The molecule has 1 fully saturated rings. The largest absolute Gasteiger partial charge is 0.292 e. The minimum absolute atomic E-state index is 0.115. The maximum atomic E-state index is 13.4. The predicted octanol–water partition coefficient (Wildman–Crippen LogP) is 6.57. The lowest BCUT2D eigenvalue weighted by Gasteiger charge is -2.15. The Hall–Kier alpha value is -3.20. The first-order valence-corrected chi connectivity index (χ1v) is 13.7. The fraction of sp³-hybridized carbons (Fsp3) is 0.143. The van der Waals surface area contributed by atoms with Crippen LogP contribution in [-0.4, -0.2) is 37.1 Å². The molecule has 8 heteroatoms. The summed E-state index contributed by atoms with van der Waals surface area (Å²) in [6.07, 6.45) is 1.98. The predicted molar refractivity (Wildman–Crippen MR) is 152 cm³/mol. The molecule has 1 amide bonds. The van der Waals surface area contributed by atoms with E-state index in [0.29, 0.717) is 20.1 Å². The van der Waals surface area contributed by atoms with E-state index in [1.807, 2.05) is 60.7 Å². The van der Waals surface area contributed by atoms with Gasteiger partial charge in [0.2, 0.25) is 5.91 Å². The lowest BCUT2D eigenvalue weighted by Crippen LogP contribution is -2.31. The number of nitrogens with zero attached hydrogens (tertiary/aromatic N) is 3. The van der Waals surface area contributed by atoms with Crippen molar-refractivity contribution in [1.29, 1.82) is 0 Å². The van der Waals surface area contributed by atoms with Gasteiger partial charge in [-0.2, -0.15) is 0 Å². The van der Waals surface area contributed by atoms with Gasteiger partial charge in [0.1, 0.15) is 4.32 Å². The SMILES string of the molecule is Cc1ccc(CSc2nc3ccccc3n2C(=O)CCN2C(=O)C(=Cc3ccccc3)SC2=S)cc1. The monoisotopic (exact) mass is 529 g/mol. The number of carbonyl (C=O) groups excluding carboxylic acids is 2. The van der Waals surface area contributed by atoms with Crippen LogP contribution in [0.3, 0.4) is 0 Å². The zero-order valence-corrected chi connectivity index (χ0v) is 22.0. The molecule has 0 radical (unpaired) electrons. The van der Waals surface area contributed by atoms with Gasteiger partial charge in [-0.3, -0.25) is 19.1 Å². The second kappa shape index (κ2) is 10.8. The molecule has 2 heterocycles. The number of imidazole rings is 1. The molecule has 36 heavy (non-hydrogen) atoms. The summed E-state index contributed by atoms with van der Waals surface area (Å²) in [7, 11) is 0. The zero-order valence-electron chi connectivity index (χ0n) is 19.6. The smallest absolute Gasteiger partial charge is 0.266 e. The van der Waals surface area contributed by atoms with Crippen molar-refractivity contribution in [3.63, 3.8) is 0 Å². The van der Waals surface area contributed by atoms with Crippen molar-refractivity contribution in [1.82, 2.24) is 14.5 Å². The maximum absolute atomic E-state index is 13.4. The van der Waals surface area contributed by atoms with E-state index in [1.165, 1.54) is 39.6 Å². The van der Waals surface area contributed by atoms with Crippen LogP contribution in [0.4, 0.5) is 0 Å². The van der Waals surface area contributed by atoms with Crippen LogP contribution < -0.4 is 0 Å². The topological polar surface area (TPSA) is 55.2 Å². The van der Waals surface area contributed by atoms with Crippen LogP contribution in [0.1, 0.15) is 27.9 Å². The summed E-state index contributed by atoms with van der Waals surface area (Å²) in [5.41, 5.74) is 4.85. The Morgan fingerprint density at radius 2 is 1.75 bits per heavy atom. The lowest BCUT2D eigenvalue weighted by molar-refractivity contribution is -0.122. The van der Waals surface area contributed by atoms with Crippen molar-refractivity contribution in [3.8, 4) is 0 Å². The molecule has 0 aliphatic carbocycles. The standard InChI is InChI=1S/C28H23N3O2S3/c1-19-11-13-21(14-12-19)18-35-27-29-22-9-5-6-10-23(22)31(27)25(32)15-16-30-26(33)24(36-28(30)34)17-20-7-3-2-4-8-20/h2-14,17H,15-16,18H2,1H3. The fourth-order valence-electron chi connectivity index (χ4n) is 3.89. The van der Waals surface area contributed by atoms with Crippen molar-refractivity contribution >= 4 is 69.0 Å². The summed E-state index contributed by atoms with van der Waals surface area (Å²) in [6, 6.07) is 25.6. The van der Waals surface area contributed by atoms with Crippen LogP contribution >= 0.6 is 35.7 Å². The highest BCUT2D eigenvalue weighted by atomic mass is 32.2. The van der Waals surface area contributed by atoms with Crippen LogP contribution in [0.15, 0.2) is 88.9 Å². The maximum Gasteiger partial charge on any atom is 0.266 e. The highest BCUT2D eigenvalue weighted by molar-refractivity contribution is 8.26. The average molecular weight is 530 g/mol. The van der Waals surface area contributed by atoms with Gasteiger partial charge in [0, 0.05) is 18.7 Å². The summed E-state index contributed by atoms with van der Waals surface area (Å²) in [5.74, 6) is 0.429. The Morgan fingerprint density at radius 1 is 1.03 bits per heavy atom. The molecule has 0 bridgehead atoms. The molecule has 1 aliphatic rings. The van der Waals surface area contributed by atoms with Crippen molar-refractivity contribution in [2.24, 2.45) is 0 Å². The van der Waals surface area contributed by atoms with Crippen LogP contribution in [0.5, 0.6) is 0 Å². The van der Waals surface area contributed by atoms with Crippen LogP contribution in [0, 0.1) is 6.92 Å². The number of aryl methyl sites for hydroxylation is 1. The van der Waals surface area contributed by atoms with Crippen molar-refractivity contribution in [2.75, 3.05) is 6.54 Å². The van der Waals surface area contributed by atoms with Crippen molar-refractivity contribution in [3.05, 3.63) is 100 Å². The number of benzene rings is 3. The van der Waals surface area contributed by atoms with Gasteiger partial charge in [0.05, 0.1) is 15.9 Å². The van der Waals surface area contributed by atoms with Gasteiger partial charge in [-0.1, -0.05) is 108 Å². The van der Waals surface area contributed by atoms with E-state index < -0.39 is 0 Å². The summed E-state index contributed by atoms with van der Waals surface area (Å²) in [5, 5.41) is 0.649. The number of thioether (sulfide) groups is 2. The Bertz CT molecular complexity index is 1480. The Kier molecular flexibility index (Phi) is 7.36. The number of thiocarbonyl (C=S) groups is 1. The minimum Gasteiger partial charge on any atom is -0.292 e. The molecule has 5 nitrogen and oxygen atoms in total. The quantitative estimate of drug-likeness (QED) is 0.153. The molecular weight excluding hydrogens is 507 g/mol. The van der Waals surface area contributed by atoms with Gasteiger partial charge >= 0.3 is 0 Å². The number of para-hydroxylation sites is 2. The second-order valence-electron chi connectivity index (χ2n) is 8.38. The highest BCUT2D eigenvalue weighted by Crippen LogP contribution is 2.33. The number of hydrogen-bond acceptors (Lipinski definition) is 6. The van der Waals surface area contributed by atoms with Gasteiger partial charge in [-0.05, 0) is 36.3 Å². The summed E-state index contributed by atoms with van der Waals surface area (Å²) in [4.78, 5) is 33.3. The first-order valence-electron chi connectivity index (χ1n) is 11.5. The Balaban J connectivity index is 1.32. The van der Waals surface area contributed by atoms with Crippen molar-refractivity contribution < 1.29 is 9.59 Å². The Labute approximate surface area is 223 Å². The van der Waals surface area contributed by atoms with Gasteiger partial charge in [0.25, 0.3) is 5.91 Å². The number of aromatic nitrogens is 2. The van der Waals surface area contributed by atoms with Gasteiger partial charge in [0.15, 0.2) is 5.16 Å². The number of hydrogen-bond donors (Lipinski definition) is 0. The summed E-state index contributed by atoms with van der Waals surface area (Å²) >= 11 is 8.27. The minimum atomic E-state index is -0.161. The molecule has 1 aromatic heterocycles. The molecule has 0 saturated carbocycles. The van der Waals surface area contributed by atoms with E-state index in [0.717, 1.165) is 16.6 Å². The third-order valence-electron chi connectivity index (χ3n) is 5.79. The summed E-state index contributed by atoms with van der Waals surface area (Å²) < 4.78 is 2.14. The van der Waals surface area contributed by atoms with Gasteiger partial charge < -0.3 is 0 Å². The van der Waals surface area contributed by atoms with E-state index in [9.17, 15) is 9.59 Å². The third-order valence-corrected chi connectivity index (χ3v) is 8.18. The molecule has 1 aliphatic heterocycles. The molecule has 3 aromatic carbocycles. The molecule has 0 unspecified atom stereocenters. The van der Waals surface area contributed by atoms with E-state index in [-0.39, 0.29) is 24.8 Å². The Morgan fingerprint density at radius 3 is 2.53 bits per heavy atom. The molecule has 4 aromatic rings. The van der Waals surface area contributed by atoms with E-state index in [2.05, 4.69) is 31.2 Å². The first kappa shape index (κ1) is 24.5. The molecule has 0 spiro atoms. The normalized spacial score (nSPS) is 14.8. The fourth-order valence-corrected chi connectivity index (χ4v) is 6.18. The number of fused-ring (bicyclic) bond motifs is 1. The lowest BCUT2D eigenvalue weighted by atomic mass is 10.2. The van der Waals surface area contributed by atoms with Crippen molar-refractivity contribution in [2.45, 2.75) is 24.3 Å². The summed E-state index contributed by atoms with van der Waals surface area (Å²) in [6.45, 7) is 2.29. The molecule has 1 saturated heterocycles. The van der Waals surface area contributed by atoms with Crippen LogP contribution in [-0.2, 0) is 10.5 Å². The third kappa shape index (κ3) is 5.31. The molecule has 5 rings (SSSR count). The molecule has 180 valence electrons. The number of rotatable bonds is 7. The molecular formula is C28H23N3O2S3. The van der Waals surface area contributed by atoms with Gasteiger partial charge in [-0.15, -0.1) is 0 Å². The van der Waals surface area contributed by atoms with E-state index >= 15 is 0 Å². The van der Waals surface area contributed by atoms with E-state index in [4.69, 9.17) is 17.2 Å². The van der Waals surface area contributed by atoms with Crippen LogP contribution in [0.25, 0.3) is 17.1 Å². The van der Waals surface area contributed by atoms with E-state index in [1.54, 1.807) is 4.57 Å². The molecule has 0 atom stereocenters. The number of carbonyl (C=O) groups is 2. The first-order chi connectivity index (χ1) is 17.5. The zero-order chi connectivity index (χ0) is 25.1. The second-order valence-corrected chi connectivity index (χ2v) is 11.0. The van der Waals surface area contributed by atoms with Gasteiger partial charge in [-0.25, -0.2) is 4.98 Å². The van der Waals surface area contributed by atoms with Crippen LogP contribution in [0.2, 0.25) is 0 Å². The highest BCUT2D eigenvalue weighted by Gasteiger charge is 2.32.